The van der Waals surface area contributed by atoms with Crippen LogP contribution in [-0.2, 0) is 0 Å². The second-order valence-corrected chi connectivity index (χ2v) is 3.14. The largest absolute Gasteiger partial charge is 0.348 e. The number of nitrogens with one attached hydrogen (secondary N) is 1. The Balaban J connectivity index is 0.000000531. The molecule has 0 radical (unpaired) electrons. The summed E-state index contributed by atoms with van der Waals surface area (Å²) in [5.41, 5.74) is 2.47. The van der Waals surface area contributed by atoms with Crippen molar-refractivity contribution in [3.63, 3.8) is 0 Å². The Kier molecular flexibility index (Phi) is 4.61. The van der Waals surface area contributed by atoms with Crippen LogP contribution in [0, 0.1) is 0 Å². The lowest BCUT2D eigenvalue weighted by atomic mass is 9.99. The number of aromatic amines is 1. The Morgan fingerprint density at radius 2 is 1.80 bits per heavy atom. The topological polar surface area (TPSA) is 28.7 Å². The van der Waals surface area contributed by atoms with E-state index in [0.717, 1.165) is 5.69 Å². The van der Waals surface area contributed by atoms with Crippen LogP contribution in [0.5, 0.6) is 0 Å². The molecule has 1 heterocycles. The van der Waals surface area contributed by atoms with Crippen molar-refractivity contribution in [1.82, 2.24) is 9.97 Å². The van der Waals surface area contributed by atoms with Crippen molar-refractivity contribution in [2.45, 2.75) is 26.7 Å². The molecule has 0 bridgehead atoms. The first-order valence-corrected chi connectivity index (χ1v) is 5.41. The number of rotatable bonds is 2. The van der Waals surface area contributed by atoms with Gasteiger partial charge in [-0.2, -0.15) is 0 Å². The Labute approximate surface area is 91.4 Å². The summed E-state index contributed by atoms with van der Waals surface area (Å²) in [5, 5.41) is 0. The van der Waals surface area contributed by atoms with Crippen LogP contribution >= 0.6 is 0 Å². The third-order valence-corrected chi connectivity index (χ3v) is 2.29. The number of benzene rings is 1. The van der Waals surface area contributed by atoms with Gasteiger partial charge < -0.3 is 4.98 Å². The van der Waals surface area contributed by atoms with Gasteiger partial charge in [0.15, 0.2) is 0 Å². The molecular formula is C13H18N2. The first-order chi connectivity index (χ1) is 7.38. The zero-order valence-electron chi connectivity index (χ0n) is 9.57. The lowest BCUT2D eigenvalue weighted by Crippen LogP contribution is -1.95. The summed E-state index contributed by atoms with van der Waals surface area (Å²) in [6, 6.07) is 10.4. The fraction of sp³-hybridized carbons (Fsp3) is 0.308. The van der Waals surface area contributed by atoms with E-state index in [1.54, 1.807) is 6.33 Å². The van der Waals surface area contributed by atoms with Crippen LogP contribution in [0.4, 0.5) is 0 Å². The zero-order chi connectivity index (χ0) is 11.1. The van der Waals surface area contributed by atoms with Crippen molar-refractivity contribution in [3.05, 3.63) is 54.1 Å². The summed E-state index contributed by atoms with van der Waals surface area (Å²) in [4.78, 5) is 7.14. The average Bonchev–Trinajstić information content (AvgIpc) is 2.85. The van der Waals surface area contributed by atoms with Gasteiger partial charge in [-0.05, 0) is 5.56 Å². The van der Waals surface area contributed by atoms with Crippen LogP contribution in [0.2, 0.25) is 0 Å². The van der Waals surface area contributed by atoms with E-state index in [1.165, 1.54) is 5.56 Å². The lowest BCUT2D eigenvalue weighted by molar-refractivity contribution is 0.883. The van der Waals surface area contributed by atoms with Crippen molar-refractivity contribution < 1.29 is 0 Å². The summed E-state index contributed by atoms with van der Waals surface area (Å²) in [6.45, 7) is 6.17. The van der Waals surface area contributed by atoms with Crippen LogP contribution in [0.15, 0.2) is 42.9 Å². The Hall–Kier alpha value is -1.57. The molecule has 1 aromatic carbocycles. The Bertz CT molecular complexity index is 351. The van der Waals surface area contributed by atoms with Gasteiger partial charge in [-0.15, -0.1) is 0 Å². The molecule has 2 nitrogen and oxygen atoms in total. The predicted molar refractivity (Wildman–Crippen MR) is 63.9 cm³/mol. The maximum Gasteiger partial charge on any atom is 0.0921 e. The first-order valence-electron chi connectivity index (χ1n) is 5.41. The first kappa shape index (κ1) is 11.5. The fourth-order valence-corrected chi connectivity index (χ4v) is 1.42. The van der Waals surface area contributed by atoms with Crippen LogP contribution in [0.3, 0.4) is 0 Å². The third kappa shape index (κ3) is 2.94. The SMILES string of the molecule is CC.CC(c1ccccc1)c1cnc[nH]1. The van der Waals surface area contributed by atoms with E-state index < -0.39 is 0 Å². The Morgan fingerprint density at radius 1 is 1.13 bits per heavy atom. The minimum atomic E-state index is 0.392. The molecule has 0 spiro atoms. The normalized spacial score (nSPS) is 11.4. The van der Waals surface area contributed by atoms with Crippen molar-refractivity contribution in [1.29, 1.82) is 0 Å². The molecule has 0 amide bonds. The monoisotopic (exact) mass is 202 g/mol. The van der Waals surface area contributed by atoms with Gasteiger partial charge in [0, 0.05) is 17.8 Å². The second-order valence-electron chi connectivity index (χ2n) is 3.14. The maximum atomic E-state index is 4.01. The molecule has 1 unspecified atom stereocenters. The number of hydrogen-bond donors (Lipinski definition) is 1. The molecule has 1 aromatic heterocycles. The molecule has 2 rings (SSSR count). The minimum Gasteiger partial charge on any atom is -0.348 e. The van der Waals surface area contributed by atoms with Crippen LogP contribution < -0.4 is 0 Å². The molecule has 1 atom stereocenters. The zero-order valence-corrected chi connectivity index (χ0v) is 9.57. The van der Waals surface area contributed by atoms with Gasteiger partial charge >= 0.3 is 0 Å². The van der Waals surface area contributed by atoms with Crippen molar-refractivity contribution in [2.75, 3.05) is 0 Å². The van der Waals surface area contributed by atoms with E-state index in [4.69, 9.17) is 0 Å². The number of aromatic nitrogens is 2. The molecule has 0 saturated heterocycles. The summed E-state index contributed by atoms with van der Waals surface area (Å²) < 4.78 is 0. The van der Waals surface area contributed by atoms with E-state index in [9.17, 15) is 0 Å². The highest BCUT2D eigenvalue weighted by Crippen LogP contribution is 2.20. The molecule has 80 valence electrons. The average molecular weight is 202 g/mol. The molecular weight excluding hydrogens is 184 g/mol. The van der Waals surface area contributed by atoms with Crippen LogP contribution in [0.1, 0.15) is 37.9 Å². The molecule has 0 aliphatic carbocycles. The van der Waals surface area contributed by atoms with Crippen LogP contribution in [-0.4, -0.2) is 9.97 Å². The minimum absolute atomic E-state index is 0.392. The van der Waals surface area contributed by atoms with E-state index in [1.807, 2.05) is 26.1 Å². The summed E-state index contributed by atoms with van der Waals surface area (Å²) >= 11 is 0. The molecule has 0 aliphatic heterocycles. The predicted octanol–water partition coefficient (Wildman–Crippen LogP) is 3.59. The summed E-state index contributed by atoms with van der Waals surface area (Å²) in [5.74, 6) is 0.392. The summed E-state index contributed by atoms with van der Waals surface area (Å²) in [7, 11) is 0. The quantitative estimate of drug-likeness (QED) is 0.792. The van der Waals surface area contributed by atoms with Gasteiger partial charge in [-0.25, -0.2) is 4.98 Å². The van der Waals surface area contributed by atoms with Gasteiger partial charge in [0.25, 0.3) is 0 Å². The van der Waals surface area contributed by atoms with E-state index in [2.05, 4.69) is 41.2 Å². The number of H-pyrrole nitrogens is 1. The van der Waals surface area contributed by atoms with Gasteiger partial charge in [0.1, 0.15) is 0 Å². The fourth-order valence-electron chi connectivity index (χ4n) is 1.42. The van der Waals surface area contributed by atoms with E-state index in [-0.39, 0.29) is 0 Å². The number of hydrogen-bond acceptors (Lipinski definition) is 1. The molecule has 15 heavy (non-hydrogen) atoms. The number of imidazole rings is 1. The maximum absolute atomic E-state index is 4.01. The highest BCUT2D eigenvalue weighted by Gasteiger charge is 2.07. The van der Waals surface area contributed by atoms with E-state index in [0.29, 0.717) is 5.92 Å². The standard InChI is InChI=1S/C11H12N2.C2H6/c1-9(11-7-12-8-13-11)10-5-3-2-4-6-10;1-2/h2-9H,1H3,(H,12,13);1-2H3. The van der Waals surface area contributed by atoms with Gasteiger partial charge in [-0.3, -0.25) is 0 Å². The van der Waals surface area contributed by atoms with Crippen molar-refractivity contribution in [3.8, 4) is 0 Å². The van der Waals surface area contributed by atoms with E-state index >= 15 is 0 Å². The van der Waals surface area contributed by atoms with Gasteiger partial charge in [0.2, 0.25) is 0 Å². The molecule has 0 fully saturated rings. The van der Waals surface area contributed by atoms with Crippen molar-refractivity contribution >= 4 is 0 Å². The van der Waals surface area contributed by atoms with Crippen molar-refractivity contribution in [2.24, 2.45) is 0 Å². The summed E-state index contributed by atoms with van der Waals surface area (Å²) in [6.07, 6.45) is 3.59. The van der Waals surface area contributed by atoms with Crippen LogP contribution in [0.25, 0.3) is 0 Å². The highest BCUT2D eigenvalue weighted by atomic mass is 14.9. The molecule has 2 aromatic rings. The lowest BCUT2D eigenvalue weighted by Gasteiger charge is -2.08. The molecule has 1 N–H and O–H groups in total. The molecule has 0 aliphatic rings. The molecule has 0 saturated carbocycles. The smallest absolute Gasteiger partial charge is 0.0921 e. The third-order valence-electron chi connectivity index (χ3n) is 2.29. The Morgan fingerprint density at radius 3 is 2.33 bits per heavy atom. The number of nitrogens with zero attached hydrogens (tertiary/aromatic N) is 1. The highest BCUT2D eigenvalue weighted by molar-refractivity contribution is 5.25. The van der Waals surface area contributed by atoms with Gasteiger partial charge in [0.05, 0.1) is 6.33 Å². The second kappa shape index (κ2) is 6.02. The molecule has 2 heteroatoms. The van der Waals surface area contributed by atoms with Gasteiger partial charge in [-0.1, -0.05) is 51.1 Å².